The quantitative estimate of drug-likeness (QED) is 0.425. The third-order valence-corrected chi connectivity index (χ3v) is 5.67. The van der Waals surface area contributed by atoms with Gasteiger partial charge in [0, 0.05) is 15.7 Å². The Bertz CT molecular complexity index is 1090. The third kappa shape index (κ3) is 3.72. The van der Waals surface area contributed by atoms with Gasteiger partial charge in [0.1, 0.15) is 10.8 Å². The van der Waals surface area contributed by atoms with Crippen LogP contribution < -0.4 is 10.1 Å². The number of carbonyl (C=O) groups is 1. The molecular weight excluding hydrogens is 424 g/mol. The van der Waals surface area contributed by atoms with Gasteiger partial charge in [-0.3, -0.25) is 4.79 Å². The molecule has 0 aliphatic rings. The molecule has 0 saturated carbocycles. The Hall–Kier alpha value is -2.70. The average molecular weight is 439 g/mol. The Balaban J connectivity index is 1.56. The molecule has 134 valence electrons. The first-order chi connectivity index (χ1) is 13.1. The van der Waals surface area contributed by atoms with Gasteiger partial charge in [-0.1, -0.05) is 28.1 Å². The summed E-state index contributed by atoms with van der Waals surface area (Å²) < 4.78 is 7.25. The van der Waals surface area contributed by atoms with E-state index in [1.165, 1.54) is 0 Å². The van der Waals surface area contributed by atoms with Crippen molar-refractivity contribution in [1.29, 1.82) is 0 Å². The molecule has 1 amide bonds. The number of amides is 1. The van der Waals surface area contributed by atoms with E-state index < -0.39 is 0 Å². The molecule has 6 heteroatoms. The van der Waals surface area contributed by atoms with Gasteiger partial charge in [-0.2, -0.15) is 0 Å². The van der Waals surface area contributed by atoms with Gasteiger partial charge < -0.3 is 10.1 Å². The number of hydrogen-bond acceptors (Lipinski definition) is 4. The first-order valence-electron chi connectivity index (χ1n) is 8.25. The van der Waals surface area contributed by atoms with Gasteiger partial charge in [0.05, 0.1) is 22.9 Å². The topological polar surface area (TPSA) is 51.2 Å². The van der Waals surface area contributed by atoms with E-state index in [1.807, 2.05) is 48.5 Å². The Labute approximate surface area is 169 Å². The van der Waals surface area contributed by atoms with Crippen molar-refractivity contribution in [3.05, 3.63) is 76.8 Å². The first kappa shape index (κ1) is 17.7. The Morgan fingerprint density at radius 3 is 2.59 bits per heavy atom. The molecule has 1 aromatic heterocycles. The largest absolute Gasteiger partial charge is 0.496 e. The van der Waals surface area contributed by atoms with Crippen LogP contribution in [-0.4, -0.2) is 18.0 Å². The zero-order chi connectivity index (χ0) is 18.8. The second-order valence-electron chi connectivity index (χ2n) is 5.86. The van der Waals surface area contributed by atoms with E-state index in [2.05, 4.69) is 32.3 Å². The molecule has 0 aliphatic heterocycles. The number of carbonyl (C=O) groups excluding carboxylic acids is 1. The highest BCUT2D eigenvalue weighted by atomic mass is 79.9. The van der Waals surface area contributed by atoms with Crippen LogP contribution in [0.3, 0.4) is 0 Å². The normalized spacial score (nSPS) is 10.7. The zero-order valence-electron chi connectivity index (χ0n) is 14.4. The number of aromatic nitrogens is 1. The molecule has 4 rings (SSSR count). The first-order valence-corrected chi connectivity index (χ1v) is 9.86. The van der Waals surface area contributed by atoms with E-state index in [9.17, 15) is 4.79 Å². The molecule has 1 heterocycles. The van der Waals surface area contributed by atoms with Crippen molar-refractivity contribution in [2.45, 2.75) is 0 Å². The van der Waals surface area contributed by atoms with Gasteiger partial charge in [0.25, 0.3) is 5.91 Å². The van der Waals surface area contributed by atoms with Crippen LogP contribution in [0, 0.1) is 0 Å². The number of nitrogens with one attached hydrogen (secondary N) is 1. The molecule has 0 aliphatic carbocycles. The molecule has 1 N–H and O–H groups in total. The van der Waals surface area contributed by atoms with Crippen molar-refractivity contribution in [2.24, 2.45) is 0 Å². The van der Waals surface area contributed by atoms with Crippen molar-refractivity contribution in [2.75, 3.05) is 12.4 Å². The standard InChI is InChI=1S/C21H15BrN2O2S/c1-26-18-11-8-14(22)12-16(18)20(25)23-15-9-6-13(7-10-15)21-24-17-4-2-3-5-19(17)27-21/h2-12H,1H3,(H,23,25). The molecule has 0 spiro atoms. The molecule has 0 atom stereocenters. The molecule has 3 aromatic carbocycles. The fraction of sp³-hybridized carbons (Fsp3) is 0.0476. The smallest absolute Gasteiger partial charge is 0.259 e. The summed E-state index contributed by atoms with van der Waals surface area (Å²) in [7, 11) is 1.55. The number of fused-ring (bicyclic) bond motifs is 1. The van der Waals surface area contributed by atoms with E-state index >= 15 is 0 Å². The van der Waals surface area contributed by atoms with Crippen molar-refractivity contribution in [3.8, 4) is 16.3 Å². The number of benzene rings is 3. The van der Waals surface area contributed by atoms with Crippen molar-refractivity contribution < 1.29 is 9.53 Å². The minimum atomic E-state index is -0.221. The highest BCUT2D eigenvalue weighted by Crippen LogP contribution is 2.31. The number of hydrogen-bond donors (Lipinski definition) is 1. The molecule has 0 saturated heterocycles. The average Bonchev–Trinajstić information content (AvgIpc) is 3.12. The van der Waals surface area contributed by atoms with Crippen LogP contribution >= 0.6 is 27.3 Å². The van der Waals surface area contributed by atoms with Gasteiger partial charge >= 0.3 is 0 Å². The summed E-state index contributed by atoms with van der Waals surface area (Å²) in [5.74, 6) is 0.308. The fourth-order valence-electron chi connectivity index (χ4n) is 2.75. The number of thiazole rings is 1. The molecule has 0 fully saturated rings. The van der Waals surface area contributed by atoms with Crippen LogP contribution in [0.1, 0.15) is 10.4 Å². The number of methoxy groups -OCH3 is 1. The van der Waals surface area contributed by atoms with Gasteiger partial charge in [0.2, 0.25) is 0 Å². The van der Waals surface area contributed by atoms with Crippen LogP contribution in [0.25, 0.3) is 20.8 Å². The van der Waals surface area contributed by atoms with E-state index in [0.29, 0.717) is 17.0 Å². The van der Waals surface area contributed by atoms with Gasteiger partial charge in [0.15, 0.2) is 0 Å². The van der Waals surface area contributed by atoms with Crippen molar-refractivity contribution in [1.82, 2.24) is 4.98 Å². The molecule has 0 bridgehead atoms. The van der Waals surface area contributed by atoms with Gasteiger partial charge in [-0.15, -0.1) is 11.3 Å². The number of para-hydroxylation sites is 1. The molecule has 0 radical (unpaired) electrons. The number of nitrogens with zero attached hydrogens (tertiary/aromatic N) is 1. The van der Waals surface area contributed by atoms with Crippen LogP contribution in [-0.2, 0) is 0 Å². The summed E-state index contributed by atoms with van der Waals surface area (Å²) in [4.78, 5) is 17.3. The van der Waals surface area contributed by atoms with Crippen molar-refractivity contribution >= 4 is 49.1 Å². The van der Waals surface area contributed by atoms with E-state index in [1.54, 1.807) is 30.6 Å². The summed E-state index contributed by atoms with van der Waals surface area (Å²) in [6.45, 7) is 0. The summed E-state index contributed by atoms with van der Waals surface area (Å²) >= 11 is 5.04. The lowest BCUT2D eigenvalue weighted by atomic mass is 10.1. The summed E-state index contributed by atoms with van der Waals surface area (Å²) in [6.07, 6.45) is 0. The zero-order valence-corrected chi connectivity index (χ0v) is 16.8. The summed E-state index contributed by atoms with van der Waals surface area (Å²) in [6, 6.07) is 21.1. The van der Waals surface area contributed by atoms with Crippen LogP contribution in [0.5, 0.6) is 5.75 Å². The number of rotatable bonds is 4. The molecular formula is C21H15BrN2O2S. The monoisotopic (exact) mass is 438 g/mol. The maximum absolute atomic E-state index is 12.6. The molecule has 4 nitrogen and oxygen atoms in total. The number of halogens is 1. The second-order valence-corrected chi connectivity index (χ2v) is 7.81. The van der Waals surface area contributed by atoms with Crippen LogP contribution in [0.4, 0.5) is 5.69 Å². The van der Waals surface area contributed by atoms with Gasteiger partial charge in [-0.25, -0.2) is 4.98 Å². The Kier molecular flexibility index (Phi) is 4.92. The lowest BCUT2D eigenvalue weighted by Crippen LogP contribution is -2.13. The highest BCUT2D eigenvalue weighted by molar-refractivity contribution is 9.10. The van der Waals surface area contributed by atoms with Gasteiger partial charge in [-0.05, 0) is 54.6 Å². The Morgan fingerprint density at radius 2 is 1.85 bits per heavy atom. The third-order valence-electron chi connectivity index (χ3n) is 4.09. The SMILES string of the molecule is COc1ccc(Br)cc1C(=O)Nc1ccc(-c2nc3ccccc3s2)cc1. The van der Waals surface area contributed by atoms with Crippen LogP contribution in [0.2, 0.25) is 0 Å². The predicted octanol–water partition coefficient (Wildman–Crippen LogP) is 5.99. The lowest BCUT2D eigenvalue weighted by Gasteiger charge is -2.10. The highest BCUT2D eigenvalue weighted by Gasteiger charge is 2.13. The minimum absolute atomic E-state index is 0.221. The fourth-order valence-corrected chi connectivity index (χ4v) is 4.08. The van der Waals surface area contributed by atoms with E-state index in [4.69, 9.17) is 4.74 Å². The lowest BCUT2D eigenvalue weighted by molar-refractivity contribution is 0.102. The molecule has 27 heavy (non-hydrogen) atoms. The maximum atomic E-state index is 12.6. The molecule has 0 unspecified atom stereocenters. The maximum Gasteiger partial charge on any atom is 0.259 e. The van der Waals surface area contributed by atoms with E-state index in [-0.39, 0.29) is 5.91 Å². The predicted molar refractivity (Wildman–Crippen MR) is 114 cm³/mol. The summed E-state index contributed by atoms with van der Waals surface area (Å²) in [5.41, 5.74) is 3.21. The second kappa shape index (κ2) is 7.50. The van der Waals surface area contributed by atoms with E-state index in [0.717, 1.165) is 25.3 Å². The number of ether oxygens (including phenoxy) is 1. The number of anilines is 1. The minimum Gasteiger partial charge on any atom is -0.496 e. The summed E-state index contributed by atoms with van der Waals surface area (Å²) in [5, 5.41) is 3.87. The van der Waals surface area contributed by atoms with Crippen LogP contribution in [0.15, 0.2) is 71.2 Å². The molecule has 4 aromatic rings. The Morgan fingerprint density at radius 1 is 1.07 bits per heavy atom. The van der Waals surface area contributed by atoms with Crippen molar-refractivity contribution in [3.63, 3.8) is 0 Å².